The first-order valence-electron chi connectivity index (χ1n) is 8.64. The Bertz CT molecular complexity index is 901. The van der Waals surface area contributed by atoms with Gasteiger partial charge >= 0.3 is 6.03 Å². The third-order valence-electron chi connectivity index (χ3n) is 4.49. The van der Waals surface area contributed by atoms with Crippen LogP contribution in [0.4, 0.5) is 10.5 Å². The van der Waals surface area contributed by atoms with Gasteiger partial charge in [-0.2, -0.15) is 0 Å². The number of benzene rings is 2. The highest BCUT2D eigenvalue weighted by molar-refractivity contribution is 5.89. The molecule has 0 saturated heterocycles. The summed E-state index contributed by atoms with van der Waals surface area (Å²) < 4.78 is 7.69. The fourth-order valence-electron chi connectivity index (χ4n) is 3.23. The molecule has 2 amide bonds. The molecule has 1 aliphatic heterocycles. The van der Waals surface area contributed by atoms with Gasteiger partial charge in [0.1, 0.15) is 5.75 Å². The summed E-state index contributed by atoms with van der Waals surface area (Å²) in [6, 6.07) is 16.0. The average molecular weight is 335 g/mol. The zero-order valence-corrected chi connectivity index (χ0v) is 14.0. The number of hydrogen-bond donors (Lipinski definition) is 2. The van der Waals surface area contributed by atoms with E-state index >= 15 is 0 Å². The van der Waals surface area contributed by atoms with Crippen molar-refractivity contribution in [3.63, 3.8) is 0 Å². The first-order valence-corrected chi connectivity index (χ1v) is 8.64. The number of amides is 2. The van der Waals surface area contributed by atoms with Crippen LogP contribution in [0.25, 0.3) is 10.9 Å². The zero-order valence-electron chi connectivity index (χ0n) is 14.0. The molecule has 2 aromatic carbocycles. The molecule has 128 valence electrons. The number of aryl methyl sites for hydroxylation is 1. The van der Waals surface area contributed by atoms with Crippen molar-refractivity contribution in [3.05, 3.63) is 60.3 Å². The topological polar surface area (TPSA) is 55.3 Å². The Kier molecular flexibility index (Phi) is 4.29. The summed E-state index contributed by atoms with van der Waals surface area (Å²) in [6.45, 7) is 2.23. The van der Waals surface area contributed by atoms with Crippen LogP contribution in [0.3, 0.4) is 0 Å². The number of rotatable bonds is 5. The van der Waals surface area contributed by atoms with Gasteiger partial charge in [-0.3, -0.25) is 0 Å². The van der Waals surface area contributed by atoms with Crippen molar-refractivity contribution >= 4 is 22.6 Å². The van der Waals surface area contributed by atoms with Crippen LogP contribution in [-0.4, -0.2) is 23.7 Å². The summed E-state index contributed by atoms with van der Waals surface area (Å²) >= 11 is 0. The number of urea groups is 1. The zero-order chi connectivity index (χ0) is 17.1. The van der Waals surface area contributed by atoms with Crippen LogP contribution in [-0.2, 0) is 13.0 Å². The number of carbonyl (C=O) groups excluding carboxylic acids is 1. The molecule has 0 spiro atoms. The lowest BCUT2D eigenvalue weighted by Gasteiger charge is -2.09. The molecule has 0 aliphatic carbocycles. The van der Waals surface area contributed by atoms with Crippen LogP contribution >= 0.6 is 0 Å². The lowest BCUT2D eigenvalue weighted by atomic mass is 10.1. The number of para-hydroxylation sites is 1. The van der Waals surface area contributed by atoms with Gasteiger partial charge in [-0.25, -0.2) is 4.79 Å². The second kappa shape index (κ2) is 6.89. The Morgan fingerprint density at radius 2 is 2.08 bits per heavy atom. The first-order chi connectivity index (χ1) is 12.3. The van der Waals surface area contributed by atoms with Gasteiger partial charge in [-0.1, -0.05) is 18.2 Å². The van der Waals surface area contributed by atoms with E-state index in [1.807, 2.05) is 30.3 Å². The molecule has 5 nitrogen and oxygen atoms in total. The SMILES string of the molecule is O=C(NCCCn1ccc2ccccc21)Nc1ccc2c(c1)CCO2. The maximum atomic E-state index is 12.0. The summed E-state index contributed by atoms with van der Waals surface area (Å²) in [5.41, 5.74) is 3.18. The van der Waals surface area contributed by atoms with Gasteiger partial charge in [0.05, 0.1) is 6.61 Å². The number of ether oxygens (including phenoxy) is 1. The number of aromatic nitrogens is 1. The molecular formula is C20H21N3O2. The Labute approximate surface area is 146 Å². The smallest absolute Gasteiger partial charge is 0.319 e. The molecule has 5 heteroatoms. The number of anilines is 1. The van der Waals surface area contributed by atoms with Gasteiger partial charge in [0.25, 0.3) is 0 Å². The van der Waals surface area contributed by atoms with E-state index < -0.39 is 0 Å². The minimum Gasteiger partial charge on any atom is -0.493 e. The minimum atomic E-state index is -0.170. The Morgan fingerprint density at radius 1 is 1.16 bits per heavy atom. The van der Waals surface area contributed by atoms with E-state index in [9.17, 15) is 4.79 Å². The number of carbonyl (C=O) groups is 1. The standard InChI is InChI=1S/C20H21N3O2/c24-20(22-17-6-7-19-16(14-17)9-13-25-19)21-10-3-11-23-12-8-15-4-1-2-5-18(15)23/h1-2,4-8,12,14H,3,9-11,13H2,(H2,21,22,24). The molecule has 3 aromatic rings. The van der Waals surface area contributed by atoms with E-state index in [0.29, 0.717) is 6.54 Å². The molecule has 0 radical (unpaired) electrons. The minimum absolute atomic E-state index is 0.170. The second-order valence-electron chi connectivity index (χ2n) is 6.22. The number of nitrogens with one attached hydrogen (secondary N) is 2. The van der Waals surface area contributed by atoms with Crippen LogP contribution in [0.2, 0.25) is 0 Å². The number of hydrogen-bond acceptors (Lipinski definition) is 2. The second-order valence-corrected chi connectivity index (χ2v) is 6.22. The molecule has 4 rings (SSSR count). The largest absolute Gasteiger partial charge is 0.493 e. The molecule has 0 atom stereocenters. The third kappa shape index (κ3) is 3.45. The Morgan fingerprint density at radius 3 is 3.04 bits per heavy atom. The summed E-state index contributed by atoms with van der Waals surface area (Å²) in [6.07, 6.45) is 3.87. The van der Waals surface area contributed by atoms with Gasteiger partial charge in [0.15, 0.2) is 0 Å². The van der Waals surface area contributed by atoms with Crippen LogP contribution < -0.4 is 15.4 Å². The molecule has 1 aromatic heterocycles. The lowest BCUT2D eigenvalue weighted by molar-refractivity contribution is 0.252. The normalized spacial score (nSPS) is 12.6. The van der Waals surface area contributed by atoms with Crippen LogP contribution in [0.5, 0.6) is 5.75 Å². The van der Waals surface area contributed by atoms with Crippen molar-refractivity contribution in [1.82, 2.24) is 9.88 Å². The monoisotopic (exact) mass is 335 g/mol. The molecule has 0 saturated carbocycles. The predicted octanol–water partition coefficient (Wildman–Crippen LogP) is 3.79. The summed E-state index contributed by atoms with van der Waals surface area (Å²) in [5.74, 6) is 0.921. The summed E-state index contributed by atoms with van der Waals surface area (Å²) in [4.78, 5) is 12.0. The highest BCUT2D eigenvalue weighted by atomic mass is 16.5. The molecule has 2 N–H and O–H groups in total. The van der Waals surface area contributed by atoms with Gasteiger partial charge in [0.2, 0.25) is 0 Å². The maximum absolute atomic E-state index is 12.0. The van der Waals surface area contributed by atoms with Crippen molar-refractivity contribution in [2.75, 3.05) is 18.5 Å². The highest BCUT2D eigenvalue weighted by Gasteiger charge is 2.12. The molecule has 2 heterocycles. The fourth-order valence-corrected chi connectivity index (χ4v) is 3.23. The van der Waals surface area contributed by atoms with E-state index in [1.54, 1.807) is 0 Å². The van der Waals surface area contributed by atoms with Crippen molar-refractivity contribution in [3.8, 4) is 5.75 Å². The van der Waals surface area contributed by atoms with E-state index in [1.165, 1.54) is 10.9 Å². The summed E-state index contributed by atoms with van der Waals surface area (Å²) in [7, 11) is 0. The van der Waals surface area contributed by atoms with Crippen molar-refractivity contribution in [1.29, 1.82) is 0 Å². The van der Waals surface area contributed by atoms with E-state index in [4.69, 9.17) is 4.74 Å². The third-order valence-corrected chi connectivity index (χ3v) is 4.49. The van der Waals surface area contributed by atoms with Crippen molar-refractivity contribution in [2.24, 2.45) is 0 Å². The Balaban J connectivity index is 1.25. The van der Waals surface area contributed by atoms with E-state index in [2.05, 4.69) is 39.6 Å². The van der Waals surface area contributed by atoms with Crippen molar-refractivity contribution in [2.45, 2.75) is 19.4 Å². The molecule has 0 unspecified atom stereocenters. The van der Waals surface area contributed by atoms with Gasteiger partial charge in [-0.15, -0.1) is 0 Å². The number of nitrogens with zero attached hydrogens (tertiary/aromatic N) is 1. The number of fused-ring (bicyclic) bond motifs is 2. The van der Waals surface area contributed by atoms with Crippen LogP contribution in [0, 0.1) is 0 Å². The van der Waals surface area contributed by atoms with E-state index in [-0.39, 0.29) is 6.03 Å². The Hall–Kier alpha value is -2.95. The van der Waals surface area contributed by atoms with Gasteiger partial charge in [0, 0.05) is 36.9 Å². The molecule has 25 heavy (non-hydrogen) atoms. The molecule has 0 fully saturated rings. The van der Waals surface area contributed by atoms with Crippen LogP contribution in [0.1, 0.15) is 12.0 Å². The summed E-state index contributed by atoms with van der Waals surface area (Å²) in [5, 5.41) is 7.04. The van der Waals surface area contributed by atoms with Gasteiger partial charge < -0.3 is 19.9 Å². The molecular weight excluding hydrogens is 314 g/mol. The van der Waals surface area contributed by atoms with Crippen molar-refractivity contribution < 1.29 is 9.53 Å². The molecule has 0 bridgehead atoms. The highest BCUT2D eigenvalue weighted by Crippen LogP contribution is 2.27. The first kappa shape index (κ1) is 15.6. The fraction of sp³-hybridized carbons (Fsp3) is 0.250. The lowest BCUT2D eigenvalue weighted by Crippen LogP contribution is -2.30. The average Bonchev–Trinajstić information content (AvgIpc) is 3.25. The quantitative estimate of drug-likeness (QED) is 0.697. The van der Waals surface area contributed by atoms with Crippen LogP contribution in [0.15, 0.2) is 54.7 Å². The molecule has 1 aliphatic rings. The maximum Gasteiger partial charge on any atom is 0.319 e. The van der Waals surface area contributed by atoms with Gasteiger partial charge in [-0.05, 0) is 47.7 Å². The predicted molar refractivity (Wildman–Crippen MR) is 99.2 cm³/mol. The van der Waals surface area contributed by atoms with E-state index in [0.717, 1.165) is 43.0 Å².